The van der Waals surface area contributed by atoms with E-state index in [0.717, 1.165) is 16.2 Å². The number of carbonyl (C=O) groups is 11. The Hall–Kier alpha value is -5.95. The van der Waals surface area contributed by atoms with Gasteiger partial charge in [-0.1, -0.05) is 130 Å². The first-order valence-electron chi connectivity index (χ1n) is 34.6. The van der Waals surface area contributed by atoms with E-state index in [1.807, 2.05) is 67.5 Å². The van der Waals surface area contributed by atoms with Crippen LogP contribution in [0.1, 0.15) is 183 Å². The minimum absolute atomic E-state index is 0.0123. The second kappa shape index (κ2) is 38.8. The second-order valence-corrected chi connectivity index (χ2v) is 35.6. The first kappa shape index (κ1) is 87.1. The van der Waals surface area contributed by atoms with Crippen LogP contribution in [-0.2, 0) is 57.2 Å². The highest BCUT2D eigenvalue weighted by Crippen LogP contribution is 2.37. The van der Waals surface area contributed by atoms with E-state index in [2.05, 4.69) is 55.1 Å². The topological polar surface area (TPSA) is 288 Å². The van der Waals surface area contributed by atoms with E-state index in [-0.39, 0.29) is 67.2 Å². The van der Waals surface area contributed by atoms with E-state index in [4.69, 9.17) is 4.43 Å². The number of amides is 11. The highest BCUT2D eigenvalue weighted by Gasteiger charge is 2.46. The molecule has 12 atom stereocenters. The summed E-state index contributed by atoms with van der Waals surface area (Å²) in [5.74, 6) is -9.84. The maximum absolute atomic E-state index is 15.4. The third-order valence-corrected chi connectivity index (χ3v) is 23.3. The van der Waals surface area contributed by atoms with Crippen molar-refractivity contribution < 1.29 is 62.3 Å². The van der Waals surface area contributed by atoms with Gasteiger partial charge < -0.3 is 65.1 Å². The van der Waals surface area contributed by atoms with Gasteiger partial charge in [-0.05, 0) is 125 Å². The van der Waals surface area contributed by atoms with Gasteiger partial charge in [0.15, 0.2) is 8.32 Å². The molecule has 0 spiro atoms. The largest absolute Gasteiger partial charge is 0.417 e. The molecule has 1 fully saturated rings. The molecule has 1 rings (SSSR count). The number of unbranched alkanes of at least 4 members (excludes halogenated alkanes) is 1. The van der Waals surface area contributed by atoms with Crippen molar-refractivity contribution in [3.8, 4) is 0 Å². The molecular formula is C70H129N11O13Si. The van der Waals surface area contributed by atoms with Gasteiger partial charge in [0, 0.05) is 55.9 Å². The smallest absolute Gasteiger partial charge is 0.246 e. The summed E-state index contributed by atoms with van der Waals surface area (Å²) in [7, 11) is 8.01. The monoisotopic (exact) mass is 1360 g/mol. The summed E-state index contributed by atoms with van der Waals surface area (Å²) in [6.45, 7) is 39.2. The highest BCUT2D eigenvalue weighted by atomic mass is 28.4. The van der Waals surface area contributed by atoms with Crippen LogP contribution in [0.2, 0.25) is 18.1 Å². The molecule has 1 aliphatic heterocycles. The molecule has 0 unspecified atom stereocenters. The third kappa shape index (κ3) is 25.5. The molecule has 0 aliphatic carbocycles. The molecule has 25 heteroatoms. The average molecular weight is 1360 g/mol. The molecular weight excluding hydrogens is 1230 g/mol. The van der Waals surface area contributed by atoms with E-state index in [0.29, 0.717) is 13.0 Å². The van der Waals surface area contributed by atoms with Gasteiger partial charge in [0.05, 0.1) is 12.6 Å². The molecule has 0 bridgehead atoms. The molecule has 1 saturated heterocycles. The standard InChI is InChI=1S/C70H129N11O13Si/c1-29-50-65(89)75(20)40-55(82)76(21)51(36-41(2)3)62(86)74-56(45(10)11)68(92)77(22)52(37-42(4)5)61(85)71-48(15)60(84)72-49(16)64(88)78(23)53(38-43(6)7)66(90)79(24)54(39-44(8)9)67(91)80(25)57(46(12)13)69(93)81(26)58(63(87)73-50)59(83)47(14)34-32-30-31-33-35-94-95(27,28)70(17,18)19/h30,32,41-54,56-59,83H,29,31,33-40H2,1-28H3,(H,71,85)(H,72,84)(H,73,87)(H,74,86)/b32-30+/t47-,48+,49-,50+,51+,52+,53+,54+,56+,57+,58+,59-/m1/s1. The second-order valence-electron chi connectivity index (χ2n) is 30.7. The Kier molecular flexibility index (Phi) is 35.6. The predicted molar refractivity (Wildman–Crippen MR) is 375 cm³/mol. The Bertz CT molecular complexity index is 2610. The fourth-order valence-corrected chi connectivity index (χ4v) is 12.6. The van der Waals surface area contributed by atoms with Crippen molar-refractivity contribution >= 4 is 73.3 Å². The number of aliphatic hydroxyl groups excluding tert-OH is 1. The number of carbonyl (C=O) groups excluding carboxylic acids is 11. The van der Waals surface area contributed by atoms with Crippen LogP contribution in [0.5, 0.6) is 0 Å². The quantitative estimate of drug-likeness (QED) is 0.0528. The van der Waals surface area contributed by atoms with Crippen LogP contribution in [-0.4, -0.2) is 242 Å². The minimum atomic E-state index is -1.96. The van der Waals surface area contributed by atoms with Crippen LogP contribution in [0, 0.1) is 41.4 Å². The first-order valence-corrected chi connectivity index (χ1v) is 37.5. The maximum atomic E-state index is 15.4. The van der Waals surface area contributed by atoms with E-state index >= 15 is 19.2 Å². The Labute approximate surface area is 572 Å². The zero-order valence-electron chi connectivity index (χ0n) is 63.6. The summed E-state index contributed by atoms with van der Waals surface area (Å²) in [6, 6.07) is -12.5. The van der Waals surface area contributed by atoms with Gasteiger partial charge >= 0.3 is 0 Å². The predicted octanol–water partition coefficient (Wildman–Crippen LogP) is 6.05. The number of nitrogens with zero attached hydrogens (tertiary/aromatic N) is 7. The average Bonchev–Trinajstić information content (AvgIpc) is 0.806. The summed E-state index contributed by atoms with van der Waals surface area (Å²) in [5, 5.41) is 23.6. The molecule has 1 aliphatic rings. The SMILES string of the molecule is CC[C@@H]1NC(=O)[C@H]([C@H](O)[C@H](C)C/C=C/CCCO[Si](C)(C)C(C)(C)C)N(C)C(=O)[C@H](C(C)C)N(C)C(=O)[C@H](CC(C)C)N(C)C(=O)[C@H](CC(C)C)N(C)C(=O)[C@@H](C)NC(=O)[C@H](C)NC(=O)[C@H](CC(C)C)N(C)C(=O)[C@H](C(C)C)NC(=O)[C@H](CC(C)C)N(C)C(=O)CN(C)C1=O. The Morgan fingerprint density at radius 1 is 0.505 bits per heavy atom. The number of rotatable bonds is 20. The lowest BCUT2D eigenvalue weighted by Gasteiger charge is -2.41. The van der Waals surface area contributed by atoms with Crippen molar-refractivity contribution in [2.45, 2.75) is 268 Å². The van der Waals surface area contributed by atoms with Gasteiger partial charge in [-0.15, -0.1) is 0 Å². The molecule has 0 aromatic carbocycles. The number of hydrogen-bond acceptors (Lipinski definition) is 13. The number of aliphatic hydroxyl groups is 1. The maximum Gasteiger partial charge on any atom is 0.246 e. The van der Waals surface area contributed by atoms with E-state index in [9.17, 15) is 38.7 Å². The third-order valence-electron chi connectivity index (χ3n) is 18.8. The summed E-state index contributed by atoms with van der Waals surface area (Å²) in [4.78, 5) is 170. The highest BCUT2D eigenvalue weighted by molar-refractivity contribution is 6.74. The van der Waals surface area contributed by atoms with Gasteiger partial charge in [0.1, 0.15) is 60.4 Å². The first-order chi connectivity index (χ1) is 43.6. The molecule has 1 heterocycles. The zero-order chi connectivity index (χ0) is 73.8. The van der Waals surface area contributed by atoms with Crippen LogP contribution in [0.15, 0.2) is 12.2 Å². The molecule has 24 nitrogen and oxygen atoms in total. The summed E-state index contributed by atoms with van der Waals surface area (Å²) in [5.41, 5.74) is 0. The molecule has 5 N–H and O–H groups in total. The van der Waals surface area contributed by atoms with Crippen LogP contribution in [0.3, 0.4) is 0 Å². The van der Waals surface area contributed by atoms with Crippen molar-refractivity contribution in [1.29, 1.82) is 0 Å². The van der Waals surface area contributed by atoms with E-state index in [1.165, 1.54) is 87.7 Å². The number of nitrogens with one attached hydrogen (secondary N) is 4. The lowest BCUT2D eigenvalue weighted by atomic mass is 9.91. The van der Waals surface area contributed by atoms with Crippen molar-refractivity contribution in [1.82, 2.24) is 55.6 Å². The zero-order valence-corrected chi connectivity index (χ0v) is 64.6. The fraction of sp³-hybridized carbons (Fsp3) is 0.814. The van der Waals surface area contributed by atoms with Gasteiger partial charge in [0.2, 0.25) is 65.0 Å². The molecule has 0 saturated carbocycles. The summed E-state index contributed by atoms with van der Waals surface area (Å²) >= 11 is 0. The molecule has 0 radical (unpaired) electrons. The molecule has 95 heavy (non-hydrogen) atoms. The van der Waals surface area contributed by atoms with Gasteiger partial charge in [-0.2, -0.15) is 0 Å². The van der Waals surface area contributed by atoms with E-state index in [1.54, 1.807) is 41.5 Å². The van der Waals surface area contributed by atoms with Gasteiger partial charge in [-0.25, -0.2) is 0 Å². The van der Waals surface area contributed by atoms with Crippen molar-refractivity contribution in [3.63, 3.8) is 0 Å². The summed E-state index contributed by atoms with van der Waals surface area (Å²) in [6.07, 6.45) is 4.71. The number of likely N-dealkylation sites (N-methyl/N-ethyl adjacent to an activating group) is 7. The number of hydrogen-bond donors (Lipinski definition) is 5. The Morgan fingerprint density at radius 2 is 0.937 bits per heavy atom. The molecule has 0 aromatic rings. The summed E-state index contributed by atoms with van der Waals surface area (Å²) < 4.78 is 6.36. The molecule has 546 valence electrons. The Morgan fingerprint density at radius 3 is 1.40 bits per heavy atom. The molecule has 0 aromatic heterocycles. The van der Waals surface area contributed by atoms with Crippen molar-refractivity contribution in [3.05, 3.63) is 12.2 Å². The van der Waals surface area contributed by atoms with Crippen LogP contribution >= 0.6 is 0 Å². The van der Waals surface area contributed by atoms with Crippen molar-refractivity contribution in [2.75, 3.05) is 62.5 Å². The van der Waals surface area contributed by atoms with Crippen LogP contribution < -0.4 is 21.3 Å². The van der Waals surface area contributed by atoms with E-state index < -0.39 is 164 Å². The van der Waals surface area contributed by atoms with Crippen LogP contribution in [0.4, 0.5) is 0 Å². The normalized spacial score (nSPS) is 25.7. The van der Waals surface area contributed by atoms with Gasteiger partial charge in [-0.3, -0.25) is 52.7 Å². The molecule has 11 amide bonds. The lowest BCUT2D eigenvalue weighted by molar-refractivity contribution is -0.157. The minimum Gasteiger partial charge on any atom is -0.417 e. The van der Waals surface area contributed by atoms with Crippen LogP contribution in [0.25, 0.3) is 0 Å². The van der Waals surface area contributed by atoms with Gasteiger partial charge in [0.25, 0.3) is 0 Å². The lowest BCUT2D eigenvalue weighted by Crippen LogP contribution is -2.63. The fourth-order valence-electron chi connectivity index (χ4n) is 11.5. The van der Waals surface area contributed by atoms with Crippen molar-refractivity contribution in [2.24, 2.45) is 41.4 Å². The Balaban J connectivity index is 4.32. The number of allylic oxidation sites excluding steroid dienone is 2.